The molecular formula is C22H23F6N5O4. The van der Waals surface area contributed by atoms with Crippen molar-refractivity contribution in [3.8, 4) is 0 Å². The maximum atomic E-state index is 14.0. The molecule has 1 unspecified atom stereocenters. The number of methoxy groups -OCH3 is 1. The van der Waals surface area contributed by atoms with E-state index in [-0.39, 0.29) is 43.9 Å². The normalized spacial score (nSPS) is 15.6. The van der Waals surface area contributed by atoms with Gasteiger partial charge in [0.25, 0.3) is 5.91 Å². The fourth-order valence-corrected chi connectivity index (χ4v) is 3.99. The van der Waals surface area contributed by atoms with E-state index in [0.29, 0.717) is 18.4 Å². The minimum atomic E-state index is -4.86. The summed E-state index contributed by atoms with van der Waals surface area (Å²) in [7, 11) is 1.07. The summed E-state index contributed by atoms with van der Waals surface area (Å²) in [5.41, 5.74) is 5.16. The van der Waals surface area contributed by atoms with Crippen LogP contribution in [-0.2, 0) is 40.0 Å². The first-order valence-electron chi connectivity index (χ1n) is 10.9. The van der Waals surface area contributed by atoms with Crippen LogP contribution >= 0.6 is 0 Å². The molecule has 202 valence electrons. The third kappa shape index (κ3) is 6.46. The lowest BCUT2D eigenvalue weighted by Gasteiger charge is -2.32. The highest BCUT2D eigenvalue weighted by molar-refractivity contribution is 5.95. The topological polar surface area (TPSA) is 120 Å². The number of rotatable bonds is 9. The SMILES string of the molecule is COC(=O)CNC(=O)c1nc(C(F)(F)F)n2c1CN(CC(C=O)[C@H](N)Cc1cc(F)c(F)cc1F)CC2. The Morgan fingerprint density at radius 3 is 2.49 bits per heavy atom. The molecule has 1 aliphatic rings. The third-order valence-electron chi connectivity index (χ3n) is 5.91. The van der Waals surface area contributed by atoms with E-state index >= 15 is 0 Å². The molecule has 0 saturated carbocycles. The molecule has 1 aliphatic heterocycles. The number of carbonyl (C=O) groups excluding carboxylic acids is 3. The van der Waals surface area contributed by atoms with E-state index in [0.717, 1.165) is 11.7 Å². The van der Waals surface area contributed by atoms with E-state index in [1.54, 1.807) is 4.90 Å². The van der Waals surface area contributed by atoms with Gasteiger partial charge in [-0.1, -0.05) is 0 Å². The average molecular weight is 535 g/mol. The number of nitrogens with two attached hydrogens (primary N) is 1. The van der Waals surface area contributed by atoms with Crippen LogP contribution in [0.1, 0.15) is 27.6 Å². The highest BCUT2D eigenvalue weighted by Crippen LogP contribution is 2.32. The second kappa shape index (κ2) is 11.3. The highest BCUT2D eigenvalue weighted by Gasteiger charge is 2.41. The lowest BCUT2D eigenvalue weighted by Crippen LogP contribution is -2.44. The Morgan fingerprint density at radius 2 is 1.86 bits per heavy atom. The number of nitrogens with zero attached hydrogens (tertiary/aromatic N) is 3. The summed E-state index contributed by atoms with van der Waals surface area (Å²) in [4.78, 5) is 40.6. The number of hydrogen-bond donors (Lipinski definition) is 2. The molecule has 1 aromatic heterocycles. The Kier molecular flexibility index (Phi) is 8.58. The Balaban J connectivity index is 1.79. The minimum absolute atomic E-state index is 0.0340. The minimum Gasteiger partial charge on any atom is -0.468 e. The van der Waals surface area contributed by atoms with Gasteiger partial charge in [0.15, 0.2) is 17.3 Å². The summed E-state index contributed by atoms with van der Waals surface area (Å²) >= 11 is 0. The molecule has 37 heavy (non-hydrogen) atoms. The molecular weight excluding hydrogens is 512 g/mol. The van der Waals surface area contributed by atoms with Crippen LogP contribution in [0.25, 0.3) is 0 Å². The standard InChI is InChI=1S/C22H23F6N5O4/c1-37-18(35)7-30-20(36)19-17-9-32(2-3-33(17)21(31-19)22(26,27)28)8-12(10-34)16(29)5-11-4-14(24)15(25)6-13(11)23/h4,6,10,12,16H,2-3,5,7-9,29H2,1H3,(H,30,36)/t12?,16-/m1/s1. The molecule has 15 heteroatoms. The van der Waals surface area contributed by atoms with Gasteiger partial charge in [-0.05, 0) is 18.1 Å². The van der Waals surface area contributed by atoms with Crippen molar-refractivity contribution in [1.82, 2.24) is 19.8 Å². The number of ether oxygens (including phenoxy) is 1. The molecule has 3 rings (SSSR count). The summed E-state index contributed by atoms with van der Waals surface area (Å²) in [5, 5.41) is 2.15. The van der Waals surface area contributed by atoms with Crippen molar-refractivity contribution in [3.05, 3.63) is 52.4 Å². The molecule has 0 saturated heterocycles. The Labute approximate surface area is 206 Å². The third-order valence-corrected chi connectivity index (χ3v) is 5.91. The molecule has 1 aromatic carbocycles. The number of amides is 1. The summed E-state index contributed by atoms with van der Waals surface area (Å²) in [6, 6.07) is -0.0226. The number of alkyl halides is 3. The maximum absolute atomic E-state index is 14.0. The van der Waals surface area contributed by atoms with E-state index in [2.05, 4.69) is 15.0 Å². The zero-order valence-electron chi connectivity index (χ0n) is 19.4. The number of nitrogens with one attached hydrogen (secondary N) is 1. The van der Waals surface area contributed by atoms with Crippen LogP contribution in [0.15, 0.2) is 12.1 Å². The number of benzene rings is 1. The molecule has 0 aliphatic carbocycles. The molecule has 2 aromatic rings. The smallest absolute Gasteiger partial charge is 0.449 e. The van der Waals surface area contributed by atoms with Crippen molar-refractivity contribution in [3.63, 3.8) is 0 Å². The van der Waals surface area contributed by atoms with Gasteiger partial charge in [0.2, 0.25) is 5.82 Å². The number of esters is 1. The van der Waals surface area contributed by atoms with Crippen LogP contribution in [-0.4, -0.2) is 65.4 Å². The predicted molar refractivity (Wildman–Crippen MR) is 114 cm³/mol. The molecule has 0 spiro atoms. The highest BCUT2D eigenvalue weighted by atomic mass is 19.4. The monoisotopic (exact) mass is 535 g/mol. The van der Waals surface area contributed by atoms with Crippen molar-refractivity contribution >= 4 is 18.2 Å². The molecule has 9 nitrogen and oxygen atoms in total. The van der Waals surface area contributed by atoms with Gasteiger partial charge in [-0.2, -0.15) is 13.2 Å². The van der Waals surface area contributed by atoms with Crippen LogP contribution in [0.4, 0.5) is 26.3 Å². The number of halogens is 6. The first-order valence-corrected chi connectivity index (χ1v) is 10.9. The van der Waals surface area contributed by atoms with E-state index < -0.39 is 65.5 Å². The van der Waals surface area contributed by atoms with Gasteiger partial charge < -0.3 is 25.1 Å². The largest absolute Gasteiger partial charge is 0.468 e. The number of aldehydes is 1. The zero-order chi connectivity index (χ0) is 27.5. The van der Waals surface area contributed by atoms with Gasteiger partial charge >= 0.3 is 12.1 Å². The van der Waals surface area contributed by atoms with Crippen molar-refractivity contribution in [2.24, 2.45) is 11.7 Å². The number of carbonyl (C=O) groups is 3. The molecule has 1 amide bonds. The summed E-state index contributed by atoms with van der Waals surface area (Å²) in [6.45, 7) is -1.08. The van der Waals surface area contributed by atoms with Gasteiger partial charge in [0.1, 0.15) is 18.6 Å². The van der Waals surface area contributed by atoms with Crippen LogP contribution in [0.3, 0.4) is 0 Å². The number of hydrogen-bond acceptors (Lipinski definition) is 7. The summed E-state index contributed by atoms with van der Waals surface area (Å²) in [6.07, 6.45) is -4.68. The number of fused-ring (bicyclic) bond motifs is 1. The lowest BCUT2D eigenvalue weighted by molar-refractivity contribution is -0.147. The molecule has 0 radical (unpaired) electrons. The van der Waals surface area contributed by atoms with Gasteiger partial charge in [0.05, 0.1) is 12.8 Å². The number of aromatic nitrogens is 2. The van der Waals surface area contributed by atoms with Crippen LogP contribution in [0.5, 0.6) is 0 Å². The molecule has 3 N–H and O–H groups in total. The van der Waals surface area contributed by atoms with Gasteiger partial charge in [-0.25, -0.2) is 18.2 Å². The van der Waals surface area contributed by atoms with Crippen LogP contribution in [0, 0.1) is 23.4 Å². The summed E-state index contributed by atoms with van der Waals surface area (Å²) < 4.78 is 86.5. The first kappa shape index (κ1) is 28.1. The van der Waals surface area contributed by atoms with Gasteiger partial charge in [0, 0.05) is 44.2 Å². The Hall–Kier alpha value is -3.46. The molecule has 0 bridgehead atoms. The van der Waals surface area contributed by atoms with Crippen LogP contribution < -0.4 is 11.1 Å². The van der Waals surface area contributed by atoms with Crippen molar-refractivity contribution in [2.75, 3.05) is 26.7 Å². The maximum Gasteiger partial charge on any atom is 0.449 e. The molecule has 2 atom stereocenters. The zero-order valence-corrected chi connectivity index (χ0v) is 19.4. The average Bonchev–Trinajstić information content (AvgIpc) is 3.23. The van der Waals surface area contributed by atoms with E-state index in [4.69, 9.17) is 5.73 Å². The lowest BCUT2D eigenvalue weighted by atomic mass is 9.94. The second-order valence-corrected chi connectivity index (χ2v) is 8.40. The van der Waals surface area contributed by atoms with Crippen molar-refractivity contribution in [1.29, 1.82) is 0 Å². The first-order chi connectivity index (χ1) is 17.3. The van der Waals surface area contributed by atoms with Gasteiger partial charge in [-0.3, -0.25) is 14.5 Å². The Bertz CT molecular complexity index is 1190. The van der Waals surface area contributed by atoms with Gasteiger partial charge in [-0.15, -0.1) is 0 Å². The predicted octanol–water partition coefficient (Wildman–Crippen LogP) is 1.42. The quantitative estimate of drug-likeness (QED) is 0.216. The van der Waals surface area contributed by atoms with Crippen molar-refractivity contribution in [2.45, 2.75) is 31.7 Å². The van der Waals surface area contributed by atoms with Crippen LogP contribution in [0.2, 0.25) is 0 Å². The van der Waals surface area contributed by atoms with E-state index in [1.165, 1.54) is 0 Å². The van der Waals surface area contributed by atoms with Crippen molar-refractivity contribution < 1.29 is 45.5 Å². The van der Waals surface area contributed by atoms with E-state index in [1.807, 2.05) is 0 Å². The molecule has 2 heterocycles. The fraction of sp³-hybridized carbons (Fsp3) is 0.455. The Morgan fingerprint density at radius 1 is 1.19 bits per heavy atom. The summed E-state index contributed by atoms with van der Waals surface area (Å²) in [5.74, 6) is -7.79. The number of imidazole rings is 1. The van der Waals surface area contributed by atoms with E-state index in [9.17, 15) is 40.7 Å². The fourth-order valence-electron chi connectivity index (χ4n) is 3.99. The second-order valence-electron chi connectivity index (χ2n) is 8.40. The molecule has 0 fully saturated rings.